The molecule has 2 N–H and O–H groups in total. The second-order valence-corrected chi connectivity index (χ2v) is 2.16. The van der Waals surface area contributed by atoms with Crippen molar-refractivity contribution in [2.24, 2.45) is 21.6 Å². The van der Waals surface area contributed by atoms with Crippen molar-refractivity contribution >= 4 is 12.2 Å². The zero-order chi connectivity index (χ0) is 7.98. The molecule has 0 saturated carbocycles. The highest BCUT2D eigenvalue weighted by molar-refractivity contribution is 5.88. The Morgan fingerprint density at radius 1 is 1.60 bits per heavy atom. The molecule has 0 aliphatic heterocycles. The van der Waals surface area contributed by atoms with E-state index in [0.29, 0.717) is 5.84 Å². The van der Waals surface area contributed by atoms with Gasteiger partial charge < -0.3 is 5.73 Å². The molecule has 10 heavy (non-hydrogen) atoms. The molecule has 0 amide bonds. The summed E-state index contributed by atoms with van der Waals surface area (Å²) in [5, 5.41) is 0. The first kappa shape index (κ1) is 8.88. The van der Waals surface area contributed by atoms with Gasteiger partial charge >= 0.3 is 0 Å². The van der Waals surface area contributed by atoms with Crippen LogP contribution in [0.4, 0.5) is 0 Å². The third kappa shape index (κ3) is 3.83. The summed E-state index contributed by atoms with van der Waals surface area (Å²) >= 11 is 0. The second-order valence-electron chi connectivity index (χ2n) is 2.16. The van der Waals surface area contributed by atoms with E-state index in [-0.39, 0.29) is 5.92 Å². The average Bonchev–Trinajstić information content (AvgIpc) is 1.88. The van der Waals surface area contributed by atoms with E-state index in [4.69, 9.17) is 5.73 Å². The van der Waals surface area contributed by atoms with E-state index in [2.05, 4.69) is 16.6 Å². The molecule has 0 aliphatic carbocycles. The highest BCUT2D eigenvalue weighted by atomic mass is 14.9. The van der Waals surface area contributed by atoms with Gasteiger partial charge in [-0.15, -0.1) is 0 Å². The molecule has 0 aliphatic rings. The molecule has 0 atom stereocenters. The number of hydrogen-bond acceptors (Lipinski definition) is 1. The number of rotatable bonds is 3. The number of nitrogens with two attached hydrogens (primary N) is 1. The molecule has 56 valence electrons. The molecule has 0 aromatic rings. The Balaban J connectivity index is 3.91. The minimum absolute atomic E-state index is 0.274. The lowest BCUT2D eigenvalue weighted by Crippen LogP contribution is -2.18. The Labute approximate surface area is 61.4 Å². The standard InChI is InChI=1S/C7H13N3/c1-4-9-5-10-7(8)6(2)3/h4-6H,1H2,2-3H3,(H2,8,9,10). The Morgan fingerprint density at radius 3 is 2.60 bits per heavy atom. The van der Waals surface area contributed by atoms with Gasteiger partial charge in [-0.05, 0) is 0 Å². The van der Waals surface area contributed by atoms with E-state index < -0.39 is 0 Å². The molecule has 3 heteroatoms. The maximum Gasteiger partial charge on any atom is 0.117 e. The van der Waals surface area contributed by atoms with Crippen molar-refractivity contribution in [2.75, 3.05) is 0 Å². The SMILES string of the molecule is C=C/N=C\N=C(/N)C(C)C. The quantitative estimate of drug-likeness (QED) is 0.463. The largest absolute Gasteiger partial charge is 0.387 e. The van der Waals surface area contributed by atoms with Crippen LogP contribution >= 0.6 is 0 Å². The minimum atomic E-state index is 0.274. The molecule has 0 fully saturated rings. The molecule has 0 aromatic carbocycles. The molecule has 0 aromatic heterocycles. The molecule has 0 rings (SSSR count). The fraction of sp³-hybridized carbons (Fsp3) is 0.429. The van der Waals surface area contributed by atoms with Gasteiger partial charge in [-0.2, -0.15) is 0 Å². The zero-order valence-corrected chi connectivity index (χ0v) is 6.41. The molecule has 3 nitrogen and oxygen atoms in total. The van der Waals surface area contributed by atoms with Crippen LogP contribution in [0.3, 0.4) is 0 Å². The Morgan fingerprint density at radius 2 is 2.20 bits per heavy atom. The van der Waals surface area contributed by atoms with Crippen LogP contribution in [0.15, 0.2) is 22.8 Å². The van der Waals surface area contributed by atoms with Gasteiger partial charge in [0.05, 0.1) is 0 Å². The Hall–Kier alpha value is -1.12. The summed E-state index contributed by atoms with van der Waals surface area (Å²) in [7, 11) is 0. The van der Waals surface area contributed by atoms with Gasteiger partial charge in [0, 0.05) is 12.1 Å². The van der Waals surface area contributed by atoms with Gasteiger partial charge in [0.2, 0.25) is 0 Å². The number of aliphatic imine (C=N–C) groups is 2. The Bertz CT molecular complexity index is 156. The first-order chi connectivity index (χ1) is 4.68. The van der Waals surface area contributed by atoms with E-state index in [9.17, 15) is 0 Å². The molecular weight excluding hydrogens is 126 g/mol. The maximum atomic E-state index is 5.48. The highest BCUT2D eigenvalue weighted by Crippen LogP contribution is 1.89. The average molecular weight is 139 g/mol. The van der Waals surface area contributed by atoms with Gasteiger partial charge in [-0.3, -0.25) is 0 Å². The fourth-order valence-electron chi connectivity index (χ4n) is 0.296. The molecular formula is C7H13N3. The molecule has 0 radical (unpaired) electrons. The van der Waals surface area contributed by atoms with Crippen molar-refractivity contribution in [2.45, 2.75) is 13.8 Å². The van der Waals surface area contributed by atoms with E-state index in [0.717, 1.165) is 0 Å². The number of nitrogens with zero attached hydrogens (tertiary/aromatic N) is 2. The van der Waals surface area contributed by atoms with E-state index in [1.165, 1.54) is 12.5 Å². The first-order valence-electron chi connectivity index (χ1n) is 3.14. The van der Waals surface area contributed by atoms with Crippen LogP contribution in [0.25, 0.3) is 0 Å². The summed E-state index contributed by atoms with van der Waals surface area (Å²) in [4.78, 5) is 7.51. The van der Waals surface area contributed by atoms with Crippen LogP contribution in [0.1, 0.15) is 13.8 Å². The third-order valence-electron chi connectivity index (χ3n) is 0.970. The maximum absolute atomic E-state index is 5.48. The van der Waals surface area contributed by atoms with Crippen molar-refractivity contribution in [1.82, 2.24) is 0 Å². The molecule has 0 bridgehead atoms. The summed E-state index contributed by atoms with van der Waals surface area (Å²) in [6, 6.07) is 0. The molecule has 0 saturated heterocycles. The fourth-order valence-corrected chi connectivity index (χ4v) is 0.296. The van der Waals surface area contributed by atoms with Gasteiger partial charge in [0.1, 0.15) is 12.2 Å². The summed E-state index contributed by atoms with van der Waals surface area (Å²) in [5.41, 5.74) is 5.48. The topological polar surface area (TPSA) is 50.7 Å². The predicted octanol–water partition coefficient (Wildman–Crippen LogP) is 1.17. The third-order valence-corrected chi connectivity index (χ3v) is 0.970. The van der Waals surface area contributed by atoms with Gasteiger partial charge in [0.25, 0.3) is 0 Å². The lowest BCUT2D eigenvalue weighted by atomic mass is 10.2. The van der Waals surface area contributed by atoms with E-state index >= 15 is 0 Å². The summed E-state index contributed by atoms with van der Waals surface area (Å²) in [6.45, 7) is 7.34. The van der Waals surface area contributed by atoms with Crippen molar-refractivity contribution < 1.29 is 0 Å². The molecule has 0 heterocycles. The second kappa shape index (κ2) is 4.73. The van der Waals surface area contributed by atoms with E-state index in [1.54, 1.807) is 0 Å². The summed E-state index contributed by atoms with van der Waals surface area (Å²) < 4.78 is 0. The van der Waals surface area contributed by atoms with Gasteiger partial charge in [-0.1, -0.05) is 20.4 Å². The molecule has 0 unspecified atom stereocenters. The van der Waals surface area contributed by atoms with Crippen LogP contribution in [0, 0.1) is 5.92 Å². The first-order valence-corrected chi connectivity index (χ1v) is 3.14. The zero-order valence-electron chi connectivity index (χ0n) is 6.41. The van der Waals surface area contributed by atoms with Gasteiger partial charge in [-0.25, -0.2) is 9.98 Å². The predicted molar refractivity (Wildman–Crippen MR) is 45.1 cm³/mol. The number of hydrogen-bond donors (Lipinski definition) is 1. The number of amidine groups is 1. The lowest BCUT2D eigenvalue weighted by molar-refractivity contribution is 0.875. The minimum Gasteiger partial charge on any atom is -0.387 e. The highest BCUT2D eigenvalue weighted by Gasteiger charge is 1.95. The smallest absolute Gasteiger partial charge is 0.117 e. The van der Waals surface area contributed by atoms with Crippen LogP contribution in [0.2, 0.25) is 0 Å². The van der Waals surface area contributed by atoms with Crippen molar-refractivity contribution in [1.29, 1.82) is 0 Å². The summed E-state index contributed by atoms with van der Waals surface area (Å²) in [6.07, 6.45) is 2.80. The lowest BCUT2D eigenvalue weighted by Gasteiger charge is -1.99. The van der Waals surface area contributed by atoms with Crippen LogP contribution in [-0.2, 0) is 0 Å². The van der Waals surface area contributed by atoms with E-state index in [1.807, 2.05) is 13.8 Å². The van der Waals surface area contributed by atoms with Crippen LogP contribution < -0.4 is 5.73 Å². The van der Waals surface area contributed by atoms with Crippen molar-refractivity contribution in [3.8, 4) is 0 Å². The van der Waals surface area contributed by atoms with Crippen molar-refractivity contribution in [3.05, 3.63) is 12.8 Å². The summed E-state index contributed by atoms with van der Waals surface area (Å²) in [5.74, 6) is 0.863. The van der Waals surface area contributed by atoms with Crippen LogP contribution in [0.5, 0.6) is 0 Å². The van der Waals surface area contributed by atoms with Crippen molar-refractivity contribution in [3.63, 3.8) is 0 Å². The normalized spacial score (nSPS) is 12.9. The van der Waals surface area contributed by atoms with Gasteiger partial charge in [0.15, 0.2) is 0 Å². The monoisotopic (exact) mass is 139 g/mol. The Kier molecular flexibility index (Phi) is 4.20. The van der Waals surface area contributed by atoms with Crippen LogP contribution in [-0.4, -0.2) is 12.2 Å². The molecule has 0 spiro atoms.